The van der Waals surface area contributed by atoms with Gasteiger partial charge < -0.3 is 20.1 Å². The molecule has 32 heavy (non-hydrogen) atoms. The number of carbonyl (C=O) groups excluding carboxylic acids is 1. The number of rotatable bonds is 3. The molecule has 3 heterocycles. The van der Waals surface area contributed by atoms with Crippen molar-refractivity contribution in [3.63, 3.8) is 0 Å². The van der Waals surface area contributed by atoms with Crippen molar-refractivity contribution < 1.29 is 4.79 Å². The van der Waals surface area contributed by atoms with Gasteiger partial charge in [-0.1, -0.05) is 23.7 Å². The van der Waals surface area contributed by atoms with Crippen LogP contribution >= 0.6 is 24.0 Å². The Labute approximate surface area is 199 Å². The van der Waals surface area contributed by atoms with Gasteiger partial charge in [0.1, 0.15) is 5.82 Å². The van der Waals surface area contributed by atoms with Crippen molar-refractivity contribution in [2.45, 2.75) is 19.3 Å². The van der Waals surface area contributed by atoms with Gasteiger partial charge in [0.05, 0.1) is 22.0 Å². The highest BCUT2D eigenvalue weighted by Crippen LogP contribution is 2.32. The van der Waals surface area contributed by atoms with Crippen LogP contribution in [-0.2, 0) is 4.79 Å². The van der Waals surface area contributed by atoms with E-state index in [2.05, 4.69) is 32.2 Å². The van der Waals surface area contributed by atoms with Gasteiger partial charge in [0.15, 0.2) is 0 Å². The van der Waals surface area contributed by atoms with Crippen LogP contribution in [-0.4, -0.2) is 60.0 Å². The second-order valence-corrected chi connectivity index (χ2v) is 8.88. The Bertz CT molecular complexity index is 1050. The molecule has 1 atom stereocenters. The van der Waals surface area contributed by atoms with Gasteiger partial charge in [-0.05, 0) is 56.1 Å². The van der Waals surface area contributed by atoms with E-state index in [0.717, 1.165) is 86.6 Å². The van der Waals surface area contributed by atoms with Gasteiger partial charge in [0.25, 0.3) is 0 Å². The molecule has 2 aliphatic rings. The number of aromatic amines is 1. The van der Waals surface area contributed by atoms with E-state index in [1.54, 1.807) is 0 Å². The Morgan fingerprint density at radius 3 is 2.75 bits per heavy atom. The summed E-state index contributed by atoms with van der Waals surface area (Å²) in [5.74, 6) is 1.23. The summed E-state index contributed by atoms with van der Waals surface area (Å²) in [4.78, 5) is 25.5. The Kier molecular flexibility index (Phi) is 7.23. The summed E-state index contributed by atoms with van der Waals surface area (Å²) >= 11 is 6.54. The monoisotopic (exact) mass is 473 g/mol. The zero-order valence-electron chi connectivity index (χ0n) is 18.0. The Morgan fingerprint density at radius 1 is 1.06 bits per heavy atom. The molecule has 0 aliphatic carbocycles. The molecule has 0 unspecified atom stereocenters. The number of fused-ring (bicyclic) bond motifs is 1. The fourth-order valence-corrected chi connectivity index (χ4v) is 4.90. The molecule has 1 aromatic heterocycles. The minimum absolute atomic E-state index is 0. The predicted octanol–water partition coefficient (Wildman–Crippen LogP) is 4.34. The van der Waals surface area contributed by atoms with E-state index >= 15 is 0 Å². The summed E-state index contributed by atoms with van der Waals surface area (Å²) in [6.07, 6.45) is 3.06. The largest absolute Gasteiger partial charge is 0.370 e. The van der Waals surface area contributed by atoms with Gasteiger partial charge in [0, 0.05) is 44.0 Å². The van der Waals surface area contributed by atoms with Crippen LogP contribution in [0.4, 0.5) is 5.69 Å². The third-order valence-electron chi connectivity index (χ3n) is 6.41. The molecule has 0 bridgehead atoms. The molecule has 1 amide bonds. The van der Waals surface area contributed by atoms with E-state index in [0.29, 0.717) is 10.9 Å². The fourth-order valence-electron chi connectivity index (χ4n) is 4.69. The first-order valence-electron chi connectivity index (χ1n) is 11.2. The number of halogens is 2. The van der Waals surface area contributed by atoms with Gasteiger partial charge in [-0.3, -0.25) is 4.79 Å². The minimum Gasteiger partial charge on any atom is -0.370 e. The quantitative estimate of drug-likeness (QED) is 0.593. The molecule has 0 spiro atoms. The first-order chi connectivity index (χ1) is 15.2. The number of nitrogens with zero attached hydrogens (tertiary/aromatic N) is 3. The lowest BCUT2D eigenvalue weighted by atomic mass is 9.98. The number of piperidine rings is 1. The van der Waals surface area contributed by atoms with Gasteiger partial charge in [-0.2, -0.15) is 0 Å². The number of imidazole rings is 1. The van der Waals surface area contributed by atoms with Gasteiger partial charge in [0.2, 0.25) is 5.91 Å². The number of hydrogen-bond donors (Lipinski definition) is 2. The van der Waals surface area contributed by atoms with Crippen molar-refractivity contribution in [3.05, 3.63) is 47.5 Å². The number of amides is 1. The van der Waals surface area contributed by atoms with Crippen LogP contribution in [0.25, 0.3) is 22.4 Å². The van der Waals surface area contributed by atoms with Gasteiger partial charge in [-0.25, -0.2) is 4.98 Å². The normalized spacial score (nSPS) is 19.5. The van der Waals surface area contributed by atoms with Crippen molar-refractivity contribution >= 4 is 46.6 Å². The van der Waals surface area contributed by atoms with Crippen LogP contribution in [0.2, 0.25) is 5.02 Å². The fraction of sp³-hybridized carbons (Fsp3) is 0.417. The molecule has 170 valence electrons. The summed E-state index contributed by atoms with van der Waals surface area (Å²) in [5.41, 5.74) is 3.95. The number of aromatic nitrogens is 2. The Morgan fingerprint density at radius 2 is 1.94 bits per heavy atom. The average Bonchev–Trinajstić information content (AvgIpc) is 3.09. The van der Waals surface area contributed by atoms with Crippen molar-refractivity contribution in [1.82, 2.24) is 20.2 Å². The number of nitrogens with one attached hydrogen (secondary N) is 2. The Hall–Kier alpha value is -2.28. The molecule has 0 saturated carbocycles. The summed E-state index contributed by atoms with van der Waals surface area (Å²) in [7, 11) is 0. The molecule has 2 aliphatic heterocycles. The lowest BCUT2D eigenvalue weighted by molar-refractivity contribution is -0.135. The molecule has 2 aromatic carbocycles. The Balaban J connectivity index is 0.00000245. The number of anilines is 1. The average molecular weight is 474 g/mol. The number of carbonyl (C=O) groups is 1. The number of para-hydroxylation sites is 2. The van der Waals surface area contributed by atoms with E-state index in [1.807, 2.05) is 30.3 Å². The summed E-state index contributed by atoms with van der Waals surface area (Å²) in [6.45, 7) is 5.19. The lowest BCUT2D eigenvalue weighted by Gasteiger charge is -2.29. The molecular weight excluding hydrogens is 445 g/mol. The van der Waals surface area contributed by atoms with Gasteiger partial charge >= 0.3 is 0 Å². The second kappa shape index (κ2) is 10.1. The number of benzene rings is 2. The van der Waals surface area contributed by atoms with Crippen LogP contribution in [0.3, 0.4) is 0 Å². The van der Waals surface area contributed by atoms with Crippen LogP contribution in [0.5, 0.6) is 0 Å². The maximum atomic E-state index is 13.0. The molecule has 3 aromatic rings. The number of hydrogen-bond acceptors (Lipinski definition) is 4. The van der Waals surface area contributed by atoms with Crippen LogP contribution in [0, 0.1) is 5.92 Å². The van der Waals surface area contributed by atoms with Gasteiger partial charge in [-0.15, -0.1) is 12.4 Å². The summed E-state index contributed by atoms with van der Waals surface area (Å²) < 4.78 is 0. The van der Waals surface area contributed by atoms with E-state index in [9.17, 15) is 4.79 Å². The molecule has 2 fully saturated rings. The van der Waals surface area contributed by atoms with E-state index in [-0.39, 0.29) is 18.3 Å². The van der Waals surface area contributed by atoms with Crippen molar-refractivity contribution in [1.29, 1.82) is 0 Å². The van der Waals surface area contributed by atoms with E-state index < -0.39 is 0 Å². The van der Waals surface area contributed by atoms with Crippen LogP contribution < -0.4 is 10.2 Å². The second-order valence-electron chi connectivity index (χ2n) is 8.48. The van der Waals surface area contributed by atoms with E-state index in [4.69, 9.17) is 16.6 Å². The molecule has 2 saturated heterocycles. The topological polar surface area (TPSA) is 64.3 Å². The molecule has 2 N–H and O–H groups in total. The first-order valence-corrected chi connectivity index (χ1v) is 11.6. The predicted molar refractivity (Wildman–Crippen MR) is 133 cm³/mol. The van der Waals surface area contributed by atoms with E-state index in [1.165, 1.54) is 0 Å². The molecule has 0 radical (unpaired) electrons. The third-order valence-corrected chi connectivity index (χ3v) is 6.74. The maximum Gasteiger partial charge on any atom is 0.227 e. The van der Waals surface area contributed by atoms with Crippen LogP contribution in [0.15, 0.2) is 42.5 Å². The zero-order chi connectivity index (χ0) is 21.2. The highest BCUT2D eigenvalue weighted by atomic mass is 35.5. The molecule has 8 heteroatoms. The minimum atomic E-state index is 0. The van der Waals surface area contributed by atoms with Crippen molar-refractivity contribution in [3.8, 4) is 11.4 Å². The molecule has 6 nitrogen and oxygen atoms in total. The standard InChI is InChI=1S/C24H28ClN5O.ClH/c25-20-9-8-18(15-19(20)23-27-21-6-1-2-7-22(21)28-23)29-11-4-12-30(14-13-29)24(31)17-5-3-10-26-16-17;/h1-2,6-9,15,17,26H,3-5,10-14,16H2,(H,27,28);1H/t17-;/m0./s1. The summed E-state index contributed by atoms with van der Waals surface area (Å²) in [6, 6.07) is 14.1. The molecule has 5 rings (SSSR count). The third kappa shape index (κ3) is 4.72. The first kappa shape index (κ1) is 22.9. The lowest BCUT2D eigenvalue weighted by Crippen LogP contribution is -2.44. The number of H-pyrrole nitrogens is 1. The van der Waals surface area contributed by atoms with Crippen molar-refractivity contribution in [2.24, 2.45) is 5.92 Å². The highest BCUT2D eigenvalue weighted by molar-refractivity contribution is 6.33. The summed E-state index contributed by atoms with van der Waals surface area (Å²) in [5, 5.41) is 4.04. The molecular formula is C24H29Cl2N5O. The SMILES string of the molecule is Cl.O=C([C@H]1CCCNC1)N1CCCN(c2ccc(Cl)c(-c3nc4ccccc4[nH]3)c2)CC1. The maximum absolute atomic E-state index is 13.0. The van der Waals surface area contributed by atoms with Crippen molar-refractivity contribution in [2.75, 3.05) is 44.2 Å². The smallest absolute Gasteiger partial charge is 0.227 e. The van der Waals surface area contributed by atoms with Crippen LogP contribution in [0.1, 0.15) is 19.3 Å². The highest BCUT2D eigenvalue weighted by Gasteiger charge is 2.27. The zero-order valence-corrected chi connectivity index (χ0v) is 19.6.